The summed E-state index contributed by atoms with van der Waals surface area (Å²) in [6.45, 7) is 5.96. The fourth-order valence-electron chi connectivity index (χ4n) is 2.99. The van der Waals surface area contributed by atoms with E-state index >= 15 is 0 Å². The maximum Gasteiger partial charge on any atom is 0.0224 e. The monoisotopic (exact) mass is 244 g/mol. The van der Waals surface area contributed by atoms with Gasteiger partial charge in [-0.15, -0.1) is 0 Å². The molecule has 0 spiro atoms. The second kappa shape index (κ2) is 5.41. The van der Waals surface area contributed by atoms with Crippen molar-refractivity contribution in [3.63, 3.8) is 0 Å². The van der Waals surface area contributed by atoms with E-state index in [0.29, 0.717) is 6.04 Å². The zero-order valence-corrected chi connectivity index (χ0v) is 11.3. The van der Waals surface area contributed by atoms with Gasteiger partial charge in [0.15, 0.2) is 0 Å². The molecule has 2 nitrogen and oxygen atoms in total. The van der Waals surface area contributed by atoms with E-state index in [1.807, 2.05) is 0 Å². The lowest BCUT2D eigenvalue weighted by Gasteiger charge is -2.39. The van der Waals surface area contributed by atoms with Gasteiger partial charge in [-0.05, 0) is 37.7 Å². The highest BCUT2D eigenvalue weighted by molar-refractivity contribution is 5.15. The molecule has 2 atom stereocenters. The summed E-state index contributed by atoms with van der Waals surface area (Å²) in [5.74, 6) is 0.969. The number of hydrogen-bond acceptors (Lipinski definition) is 2. The summed E-state index contributed by atoms with van der Waals surface area (Å²) in [5, 5.41) is 3.72. The number of benzene rings is 1. The number of rotatable bonds is 4. The molecular weight excluding hydrogens is 220 g/mol. The van der Waals surface area contributed by atoms with Crippen LogP contribution in [0.4, 0.5) is 0 Å². The molecule has 1 N–H and O–H groups in total. The Balaban J connectivity index is 1.53. The van der Waals surface area contributed by atoms with E-state index in [9.17, 15) is 0 Å². The van der Waals surface area contributed by atoms with E-state index in [-0.39, 0.29) is 0 Å². The van der Waals surface area contributed by atoms with Gasteiger partial charge in [-0.2, -0.15) is 0 Å². The van der Waals surface area contributed by atoms with Gasteiger partial charge >= 0.3 is 0 Å². The molecule has 98 valence electrons. The third kappa shape index (κ3) is 2.93. The van der Waals surface area contributed by atoms with Crippen molar-refractivity contribution in [1.82, 2.24) is 10.2 Å². The predicted octanol–water partition coefficient (Wildman–Crippen LogP) is 2.30. The van der Waals surface area contributed by atoms with E-state index in [0.717, 1.165) is 18.5 Å². The molecule has 1 saturated carbocycles. The third-order valence-electron chi connectivity index (χ3n) is 4.45. The molecule has 1 saturated heterocycles. The van der Waals surface area contributed by atoms with Crippen molar-refractivity contribution in [2.24, 2.45) is 5.92 Å². The molecule has 2 heteroatoms. The number of nitrogens with one attached hydrogen (secondary N) is 1. The summed E-state index contributed by atoms with van der Waals surface area (Å²) in [6, 6.07) is 12.3. The summed E-state index contributed by atoms with van der Waals surface area (Å²) in [4.78, 5) is 2.67. The lowest BCUT2D eigenvalue weighted by Crippen LogP contribution is -2.56. The normalized spacial score (nSPS) is 29.4. The molecule has 1 aromatic rings. The summed E-state index contributed by atoms with van der Waals surface area (Å²) in [5.41, 5.74) is 1.46. The van der Waals surface area contributed by atoms with Crippen LogP contribution >= 0.6 is 0 Å². The SMILES string of the molecule is CC1CNC(C2CC2)CN1CCc1ccccc1. The van der Waals surface area contributed by atoms with E-state index in [1.54, 1.807) is 0 Å². The Hall–Kier alpha value is -0.860. The van der Waals surface area contributed by atoms with Crippen molar-refractivity contribution in [3.8, 4) is 0 Å². The molecule has 1 aliphatic carbocycles. The van der Waals surface area contributed by atoms with Crippen LogP contribution in [0.1, 0.15) is 25.3 Å². The first-order valence-electron chi connectivity index (χ1n) is 7.34. The van der Waals surface area contributed by atoms with Gasteiger partial charge in [0.1, 0.15) is 0 Å². The molecule has 2 fully saturated rings. The highest BCUT2D eigenvalue weighted by atomic mass is 15.2. The quantitative estimate of drug-likeness (QED) is 0.874. The van der Waals surface area contributed by atoms with E-state index < -0.39 is 0 Å². The molecule has 0 radical (unpaired) electrons. The van der Waals surface area contributed by atoms with Crippen LogP contribution in [0.5, 0.6) is 0 Å². The van der Waals surface area contributed by atoms with E-state index in [2.05, 4.69) is 47.5 Å². The van der Waals surface area contributed by atoms with E-state index in [1.165, 1.54) is 37.9 Å². The van der Waals surface area contributed by atoms with Crippen LogP contribution in [0.25, 0.3) is 0 Å². The molecule has 18 heavy (non-hydrogen) atoms. The Kier molecular flexibility index (Phi) is 3.67. The number of piperazine rings is 1. The maximum atomic E-state index is 3.72. The van der Waals surface area contributed by atoms with Crippen LogP contribution in [0.15, 0.2) is 30.3 Å². The second-order valence-electron chi connectivity index (χ2n) is 5.93. The Morgan fingerprint density at radius 2 is 2.00 bits per heavy atom. The standard InChI is InChI=1S/C16H24N2/c1-13-11-17-16(15-7-8-15)12-18(13)10-9-14-5-3-2-4-6-14/h2-6,13,15-17H,7-12H2,1H3. The van der Waals surface area contributed by atoms with Gasteiger partial charge in [-0.25, -0.2) is 0 Å². The summed E-state index contributed by atoms with van der Waals surface area (Å²) >= 11 is 0. The molecule has 0 bridgehead atoms. The van der Waals surface area contributed by atoms with Gasteiger partial charge in [-0.3, -0.25) is 4.90 Å². The first-order valence-corrected chi connectivity index (χ1v) is 7.34. The molecule has 0 amide bonds. The molecule has 0 aromatic heterocycles. The zero-order valence-electron chi connectivity index (χ0n) is 11.3. The first-order chi connectivity index (χ1) is 8.83. The van der Waals surface area contributed by atoms with Crippen molar-refractivity contribution < 1.29 is 0 Å². The highest BCUT2D eigenvalue weighted by Gasteiger charge is 2.35. The highest BCUT2D eigenvalue weighted by Crippen LogP contribution is 2.34. The molecule has 1 aliphatic heterocycles. The maximum absolute atomic E-state index is 3.72. The zero-order chi connectivity index (χ0) is 12.4. The first kappa shape index (κ1) is 12.2. The van der Waals surface area contributed by atoms with Crippen molar-refractivity contribution in [3.05, 3.63) is 35.9 Å². The largest absolute Gasteiger partial charge is 0.311 e. The average molecular weight is 244 g/mol. The topological polar surface area (TPSA) is 15.3 Å². The van der Waals surface area contributed by atoms with Crippen molar-refractivity contribution >= 4 is 0 Å². The molecule has 1 aromatic carbocycles. The van der Waals surface area contributed by atoms with Crippen LogP contribution in [0, 0.1) is 5.92 Å². The van der Waals surface area contributed by atoms with Gasteiger partial charge in [-0.1, -0.05) is 30.3 Å². The van der Waals surface area contributed by atoms with E-state index in [4.69, 9.17) is 0 Å². The number of nitrogens with zero attached hydrogens (tertiary/aromatic N) is 1. The predicted molar refractivity (Wildman–Crippen MR) is 75.7 cm³/mol. The Morgan fingerprint density at radius 1 is 1.22 bits per heavy atom. The summed E-state index contributed by atoms with van der Waals surface area (Å²) in [7, 11) is 0. The van der Waals surface area contributed by atoms with Crippen molar-refractivity contribution in [1.29, 1.82) is 0 Å². The van der Waals surface area contributed by atoms with Gasteiger partial charge in [0.25, 0.3) is 0 Å². The minimum Gasteiger partial charge on any atom is -0.311 e. The van der Waals surface area contributed by atoms with Crippen LogP contribution < -0.4 is 5.32 Å². The van der Waals surface area contributed by atoms with Gasteiger partial charge in [0.05, 0.1) is 0 Å². The molecular formula is C16H24N2. The Morgan fingerprint density at radius 3 is 2.72 bits per heavy atom. The van der Waals surface area contributed by atoms with Crippen LogP contribution in [0.3, 0.4) is 0 Å². The van der Waals surface area contributed by atoms with Crippen molar-refractivity contribution in [2.45, 2.75) is 38.3 Å². The van der Waals surface area contributed by atoms with Crippen LogP contribution in [-0.4, -0.2) is 36.6 Å². The Labute approximate surface area is 110 Å². The lowest BCUT2D eigenvalue weighted by molar-refractivity contribution is 0.134. The van der Waals surface area contributed by atoms with Gasteiger partial charge in [0.2, 0.25) is 0 Å². The smallest absolute Gasteiger partial charge is 0.0224 e. The van der Waals surface area contributed by atoms with Crippen LogP contribution in [-0.2, 0) is 6.42 Å². The Bertz CT molecular complexity index is 372. The fourth-order valence-corrected chi connectivity index (χ4v) is 2.99. The number of hydrogen-bond donors (Lipinski definition) is 1. The summed E-state index contributed by atoms with van der Waals surface area (Å²) < 4.78 is 0. The minimum absolute atomic E-state index is 0.684. The summed E-state index contributed by atoms with van der Waals surface area (Å²) in [6.07, 6.45) is 4.07. The molecule has 2 aliphatic rings. The minimum atomic E-state index is 0.684. The third-order valence-corrected chi connectivity index (χ3v) is 4.45. The van der Waals surface area contributed by atoms with Crippen LogP contribution in [0.2, 0.25) is 0 Å². The molecule has 2 unspecified atom stereocenters. The molecule has 1 heterocycles. The van der Waals surface area contributed by atoms with Gasteiger partial charge < -0.3 is 5.32 Å². The second-order valence-corrected chi connectivity index (χ2v) is 5.93. The lowest BCUT2D eigenvalue weighted by atomic mass is 10.0. The molecule has 3 rings (SSSR count). The van der Waals surface area contributed by atoms with Gasteiger partial charge in [0, 0.05) is 31.7 Å². The fraction of sp³-hybridized carbons (Fsp3) is 0.625. The van der Waals surface area contributed by atoms with Crippen molar-refractivity contribution in [2.75, 3.05) is 19.6 Å². The average Bonchev–Trinajstić information content (AvgIpc) is 3.23.